The Bertz CT molecular complexity index is 2580. The molecule has 13 heteroatoms. The number of nitrogens with zero attached hydrogens (tertiary/aromatic N) is 6. The predicted molar refractivity (Wildman–Crippen MR) is 232 cm³/mol. The van der Waals surface area contributed by atoms with Gasteiger partial charge in [-0.15, -0.1) is 0 Å². The highest BCUT2D eigenvalue weighted by Gasteiger charge is 2.49. The van der Waals surface area contributed by atoms with Gasteiger partial charge in [-0.05, 0) is 99.8 Å². The second-order valence-corrected chi connectivity index (χ2v) is 19.7. The van der Waals surface area contributed by atoms with Gasteiger partial charge in [0.2, 0.25) is 11.8 Å². The molecule has 1 aromatic heterocycles. The van der Waals surface area contributed by atoms with Crippen molar-refractivity contribution in [2.45, 2.75) is 100 Å². The van der Waals surface area contributed by atoms with Gasteiger partial charge in [0.05, 0.1) is 40.2 Å². The second kappa shape index (κ2) is 14.1. The highest BCUT2D eigenvalue weighted by Crippen LogP contribution is 2.53. The van der Waals surface area contributed by atoms with Crippen LogP contribution in [0.1, 0.15) is 104 Å². The molecule has 0 unspecified atom stereocenters. The number of piperidine rings is 3. The summed E-state index contributed by atoms with van der Waals surface area (Å²) < 4.78 is 8.69. The Morgan fingerprint density at radius 2 is 1.66 bits per heavy atom. The fourth-order valence-corrected chi connectivity index (χ4v) is 13.1. The van der Waals surface area contributed by atoms with E-state index in [0.29, 0.717) is 47.5 Å². The first-order chi connectivity index (χ1) is 29.7. The Hall–Kier alpha value is -4.78. The summed E-state index contributed by atoms with van der Waals surface area (Å²) in [5.41, 5.74) is 6.83. The highest BCUT2D eigenvalue weighted by atomic mass is 35.5. The molecular formula is C48H52ClN7O5. The van der Waals surface area contributed by atoms with Crippen molar-refractivity contribution in [3.63, 3.8) is 0 Å². The van der Waals surface area contributed by atoms with Gasteiger partial charge in [0, 0.05) is 73.0 Å². The Kier molecular flexibility index (Phi) is 8.78. The van der Waals surface area contributed by atoms with E-state index in [1.165, 1.54) is 36.3 Å². The van der Waals surface area contributed by atoms with Crippen LogP contribution in [0.4, 0.5) is 5.69 Å². The number of carbonyl (C=O) groups excluding carboxylic acids is 3. The molecule has 1 atom stereocenters. The molecule has 1 aliphatic carbocycles. The summed E-state index contributed by atoms with van der Waals surface area (Å²) in [6.45, 7) is 8.60. The average molecular weight is 842 g/mol. The number of likely N-dealkylation sites (tertiary alicyclic amines) is 2. The van der Waals surface area contributed by atoms with E-state index in [9.17, 15) is 19.2 Å². The smallest absolute Gasteiger partial charge is 0.282 e. The molecule has 8 heterocycles. The predicted octanol–water partition coefficient (Wildman–Crippen LogP) is 5.69. The molecule has 3 aromatic carbocycles. The maximum absolute atomic E-state index is 13.4. The summed E-state index contributed by atoms with van der Waals surface area (Å²) in [4.78, 5) is 65.5. The van der Waals surface area contributed by atoms with E-state index in [0.717, 1.165) is 112 Å². The standard InChI is InChI=1S/C48H52ClN7O5/c49-36-5-4-6-37-41(36)44(59)51-46-48(15-2-1-3-16-48)34-9-7-31(23-39(34)56(37)46)53-19-13-30(14-20-53)54-25-29(26-54)24-52-21-17-47(18-22-52)28-61-42-33-27-55(38-11-12-40(57)50-43(38)58)45(60)32(33)8-10-35(42)47/h4-10,23,29-30,38H,1-3,11-22,24-28H2,(H,50,57,58)/t38-/m0/s1. The number of anilines is 1. The van der Waals surface area contributed by atoms with Crippen LogP contribution in [0, 0.1) is 5.92 Å². The number of fused-ring (bicyclic) bond motifs is 11. The molecule has 5 fully saturated rings. The normalized spacial score (nSPS) is 24.8. The summed E-state index contributed by atoms with van der Waals surface area (Å²) in [7, 11) is 0. The fourth-order valence-electron chi connectivity index (χ4n) is 12.8. The maximum atomic E-state index is 13.4. The number of nitrogens with one attached hydrogen (secondary N) is 1. The molecule has 1 saturated carbocycles. The number of aromatic nitrogens is 2. The monoisotopic (exact) mass is 841 g/mol. The molecule has 12 nitrogen and oxygen atoms in total. The van der Waals surface area contributed by atoms with Crippen LogP contribution in [0.2, 0.25) is 5.02 Å². The van der Waals surface area contributed by atoms with Crippen LogP contribution < -0.4 is 20.5 Å². The molecule has 0 radical (unpaired) electrons. The van der Waals surface area contributed by atoms with Gasteiger partial charge in [0.25, 0.3) is 11.5 Å². The third kappa shape index (κ3) is 5.80. The molecule has 0 bridgehead atoms. The quantitative estimate of drug-likeness (QED) is 0.253. The van der Waals surface area contributed by atoms with Gasteiger partial charge in [-0.2, -0.15) is 4.98 Å². The van der Waals surface area contributed by atoms with Crippen molar-refractivity contribution in [2.75, 3.05) is 57.3 Å². The van der Waals surface area contributed by atoms with E-state index >= 15 is 0 Å². The lowest BCUT2D eigenvalue weighted by molar-refractivity contribution is -0.136. The Morgan fingerprint density at radius 1 is 0.869 bits per heavy atom. The van der Waals surface area contributed by atoms with E-state index < -0.39 is 6.04 Å². The van der Waals surface area contributed by atoms with Gasteiger partial charge in [0.1, 0.15) is 17.6 Å². The van der Waals surface area contributed by atoms with Gasteiger partial charge in [-0.25, -0.2) is 0 Å². The van der Waals surface area contributed by atoms with E-state index in [1.807, 2.05) is 18.2 Å². The maximum Gasteiger partial charge on any atom is 0.282 e. The zero-order chi connectivity index (χ0) is 41.2. The van der Waals surface area contributed by atoms with E-state index in [2.05, 4.69) is 48.8 Å². The average Bonchev–Trinajstić information content (AvgIpc) is 3.87. The molecule has 7 aliphatic heterocycles. The minimum Gasteiger partial charge on any atom is -0.492 e. The zero-order valence-corrected chi connectivity index (χ0v) is 35.4. The van der Waals surface area contributed by atoms with Crippen molar-refractivity contribution in [1.82, 2.24) is 29.6 Å². The summed E-state index contributed by atoms with van der Waals surface area (Å²) in [6.07, 6.45) is 10.5. The Morgan fingerprint density at radius 3 is 2.44 bits per heavy atom. The van der Waals surface area contributed by atoms with Crippen LogP contribution in [0.25, 0.3) is 16.6 Å². The van der Waals surface area contributed by atoms with Crippen molar-refractivity contribution in [2.24, 2.45) is 5.92 Å². The van der Waals surface area contributed by atoms with Crippen molar-refractivity contribution >= 4 is 45.9 Å². The number of halogens is 1. The van der Waals surface area contributed by atoms with E-state index in [4.69, 9.17) is 21.3 Å². The molecule has 316 valence electrons. The summed E-state index contributed by atoms with van der Waals surface area (Å²) in [5, 5.41) is 3.37. The summed E-state index contributed by atoms with van der Waals surface area (Å²) >= 11 is 6.62. The molecule has 3 amide bonds. The van der Waals surface area contributed by atoms with Crippen LogP contribution >= 0.6 is 11.6 Å². The number of carbonyl (C=O) groups is 3. The molecule has 2 spiro atoms. The minimum atomic E-state index is -0.623. The van der Waals surface area contributed by atoms with Gasteiger partial charge in [-0.3, -0.25) is 34.0 Å². The van der Waals surface area contributed by atoms with E-state index in [1.54, 1.807) is 11.0 Å². The van der Waals surface area contributed by atoms with Crippen LogP contribution in [0.3, 0.4) is 0 Å². The first kappa shape index (κ1) is 37.9. The number of hydrogen-bond acceptors (Lipinski definition) is 9. The van der Waals surface area contributed by atoms with Gasteiger partial charge in [-0.1, -0.05) is 49.1 Å². The van der Waals surface area contributed by atoms with Crippen LogP contribution in [-0.2, 0) is 27.0 Å². The van der Waals surface area contributed by atoms with Crippen molar-refractivity contribution < 1.29 is 19.1 Å². The molecule has 1 N–H and O–H groups in total. The summed E-state index contributed by atoms with van der Waals surface area (Å²) in [5.74, 6) is 1.63. The minimum absolute atomic E-state index is 0.0391. The molecule has 12 rings (SSSR count). The number of amides is 3. The zero-order valence-electron chi connectivity index (χ0n) is 34.6. The molecule has 8 aliphatic rings. The van der Waals surface area contributed by atoms with Gasteiger partial charge < -0.3 is 19.4 Å². The van der Waals surface area contributed by atoms with Crippen molar-refractivity contribution in [1.29, 1.82) is 0 Å². The molecular weight excluding hydrogens is 790 g/mol. The topological polar surface area (TPSA) is 120 Å². The van der Waals surface area contributed by atoms with Crippen LogP contribution in [0.15, 0.2) is 53.3 Å². The highest BCUT2D eigenvalue weighted by molar-refractivity contribution is 6.35. The van der Waals surface area contributed by atoms with E-state index in [-0.39, 0.29) is 40.5 Å². The first-order valence-corrected chi connectivity index (χ1v) is 23.1. The Labute approximate surface area is 360 Å². The number of hydrogen-bond donors (Lipinski definition) is 1. The van der Waals surface area contributed by atoms with Crippen molar-refractivity contribution in [3.05, 3.63) is 92.0 Å². The lowest BCUT2D eigenvalue weighted by Crippen LogP contribution is -2.58. The molecule has 4 saturated heterocycles. The first-order valence-electron chi connectivity index (χ1n) is 22.7. The SMILES string of the molecule is O=C1CC[C@H](N2Cc3c(ccc4c3OCC43CCN(CC4CN(C5CCN(c6ccc7c(c6)-n6c(nc(=O)c8c(Cl)cccc86)C76CCCCC6)CC5)C4)CC3)C2=O)C(=O)N1. The lowest BCUT2D eigenvalue weighted by Gasteiger charge is -2.49. The number of imide groups is 1. The molecule has 61 heavy (non-hydrogen) atoms. The number of rotatable bonds is 5. The third-order valence-electron chi connectivity index (χ3n) is 16.1. The van der Waals surface area contributed by atoms with Crippen molar-refractivity contribution in [3.8, 4) is 11.4 Å². The summed E-state index contributed by atoms with van der Waals surface area (Å²) in [6, 6.07) is 16.8. The van der Waals surface area contributed by atoms with Crippen LogP contribution in [-0.4, -0.2) is 106 Å². The van der Waals surface area contributed by atoms with Gasteiger partial charge in [0.15, 0.2) is 0 Å². The van der Waals surface area contributed by atoms with Crippen LogP contribution in [0.5, 0.6) is 5.75 Å². The molecule has 4 aromatic rings. The second-order valence-electron chi connectivity index (χ2n) is 19.3. The number of benzene rings is 3. The lowest BCUT2D eigenvalue weighted by atomic mass is 9.70. The van der Waals surface area contributed by atoms with Gasteiger partial charge >= 0.3 is 0 Å². The largest absolute Gasteiger partial charge is 0.492 e. The third-order valence-corrected chi connectivity index (χ3v) is 16.4. The fraction of sp³-hybridized carbons (Fsp3) is 0.521. The number of ether oxygens (including phenoxy) is 1. The Balaban J connectivity index is 0.666.